The molecule has 142 valence electrons. The molecule has 2 saturated carbocycles. The largest absolute Gasteiger partial charge is 0.393 e. The molecule has 9 nitrogen and oxygen atoms in total. The number of nitrogens with zero attached hydrogens (tertiary/aromatic N) is 3. The minimum atomic E-state index is -3.39. The van der Waals surface area contributed by atoms with E-state index in [4.69, 9.17) is 5.73 Å². The van der Waals surface area contributed by atoms with Crippen LogP contribution in [0.5, 0.6) is 0 Å². The summed E-state index contributed by atoms with van der Waals surface area (Å²) in [5, 5.41) is 13.0. The van der Waals surface area contributed by atoms with Crippen molar-refractivity contribution in [3.63, 3.8) is 0 Å². The average Bonchev–Trinajstić information content (AvgIpc) is 3.25. The zero-order valence-electron chi connectivity index (χ0n) is 14.5. The van der Waals surface area contributed by atoms with Crippen LogP contribution in [0.25, 0.3) is 0 Å². The maximum absolute atomic E-state index is 12.9. The van der Waals surface area contributed by atoms with Gasteiger partial charge in [-0.1, -0.05) is 0 Å². The number of carbonyl (C=O) groups is 2. The Kier molecular flexibility index (Phi) is 3.71. The lowest BCUT2D eigenvalue weighted by Crippen LogP contribution is -2.51. The highest BCUT2D eigenvalue weighted by Crippen LogP contribution is 2.49. The molecule has 0 spiro atoms. The SMILES string of the molecule is Cn1nc(C(N)=O)c2c1C(=O)N(CC1(S(=O)(=O)C3CC(O)C3)CC1)CC2. The number of carbonyl (C=O) groups excluding carboxylic acids is 2. The molecule has 0 atom stereocenters. The molecule has 2 aliphatic carbocycles. The molecule has 1 aromatic rings. The van der Waals surface area contributed by atoms with Crippen LogP contribution in [-0.2, 0) is 23.3 Å². The van der Waals surface area contributed by atoms with Gasteiger partial charge in [0.05, 0.1) is 16.1 Å². The first kappa shape index (κ1) is 17.5. The second kappa shape index (κ2) is 5.53. The first-order chi connectivity index (χ1) is 12.2. The predicted octanol–water partition coefficient (Wildman–Crippen LogP) is -1.01. The average molecular weight is 382 g/mol. The van der Waals surface area contributed by atoms with Crippen LogP contribution in [0.2, 0.25) is 0 Å². The number of fused-ring (bicyclic) bond motifs is 1. The molecule has 3 N–H and O–H groups in total. The number of aliphatic hydroxyl groups is 1. The third kappa shape index (κ3) is 2.38. The molecule has 0 aromatic carbocycles. The van der Waals surface area contributed by atoms with E-state index in [1.165, 1.54) is 4.68 Å². The Hall–Kier alpha value is -1.94. The molecular weight excluding hydrogens is 360 g/mol. The van der Waals surface area contributed by atoms with Crippen LogP contribution in [0.4, 0.5) is 0 Å². The highest BCUT2D eigenvalue weighted by Gasteiger charge is 2.60. The highest BCUT2D eigenvalue weighted by atomic mass is 32.2. The number of hydrogen-bond acceptors (Lipinski definition) is 6. The van der Waals surface area contributed by atoms with Crippen LogP contribution in [0, 0.1) is 0 Å². The van der Waals surface area contributed by atoms with Gasteiger partial charge in [0, 0.05) is 25.7 Å². The fraction of sp³-hybridized carbons (Fsp3) is 0.688. The van der Waals surface area contributed by atoms with E-state index < -0.39 is 31.8 Å². The minimum Gasteiger partial charge on any atom is -0.393 e. The normalized spacial score (nSPS) is 27.0. The standard InChI is InChI=1S/C16H22N4O5S/c1-19-13-11(12(18-19)14(17)22)2-5-20(15(13)23)8-16(3-4-16)26(24,25)10-6-9(21)7-10/h9-10,21H,2-8H2,1H3,(H2,17,22). The Balaban J connectivity index is 1.57. The van der Waals surface area contributed by atoms with E-state index in [0.717, 1.165) is 0 Å². The lowest BCUT2D eigenvalue weighted by molar-refractivity contribution is 0.0721. The van der Waals surface area contributed by atoms with E-state index >= 15 is 0 Å². The van der Waals surface area contributed by atoms with Gasteiger partial charge in [-0.2, -0.15) is 5.10 Å². The third-order valence-corrected chi connectivity index (χ3v) is 8.91. The Bertz CT molecular complexity index is 896. The van der Waals surface area contributed by atoms with Crippen molar-refractivity contribution in [3.8, 4) is 0 Å². The lowest BCUT2D eigenvalue weighted by Gasteiger charge is -2.36. The van der Waals surface area contributed by atoms with Crippen LogP contribution in [0.3, 0.4) is 0 Å². The molecule has 2 heterocycles. The second-order valence-electron chi connectivity index (χ2n) is 7.62. The van der Waals surface area contributed by atoms with Crippen LogP contribution < -0.4 is 5.73 Å². The van der Waals surface area contributed by atoms with E-state index in [2.05, 4.69) is 5.10 Å². The molecule has 0 radical (unpaired) electrons. The topological polar surface area (TPSA) is 136 Å². The van der Waals surface area contributed by atoms with E-state index in [1.807, 2.05) is 0 Å². The molecule has 1 aliphatic heterocycles. The molecule has 0 unspecified atom stereocenters. The number of rotatable bonds is 5. The quantitative estimate of drug-likeness (QED) is 0.670. The summed E-state index contributed by atoms with van der Waals surface area (Å²) in [6.45, 7) is 0.486. The number of aryl methyl sites for hydroxylation is 1. The van der Waals surface area contributed by atoms with Crippen molar-refractivity contribution in [1.82, 2.24) is 14.7 Å². The molecule has 3 aliphatic rings. The Morgan fingerprint density at radius 1 is 1.38 bits per heavy atom. The fourth-order valence-corrected chi connectivity index (χ4v) is 6.75. The van der Waals surface area contributed by atoms with Crippen molar-refractivity contribution in [2.75, 3.05) is 13.1 Å². The van der Waals surface area contributed by atoms with Crippen molar-refractivity contribution >= 4 is 21.7 Å². The van der Waals surface area contributed by atoms with Crippen molar-refractivity contribution in [2.24, 2.45) is 12.8 Å². The van der Waals surface area contributed by atoms with Gasteiger partial charge < -0.3 is 15.7 Å². The van der Waals surface area contributed by atoms with E-state index in [-0.39, 0.29) is 31.0 Å². The number of sulfone groups is 1. The van der Waals surface area contributed by atoms with E-state index in [9.17, 15) is 23.1 Å². The molecule has 0 bridgehead atoms. The predicted molar refractivity (Wildman–Crippen MR) is 91.2 cm³/mol. The molecule has 0 saturated heterocycles. The van der Waals surface area contributed by atoms with Crippen LogP contribution >= 0.6 is 0 Å². The Morgan fingerprint density at radius 3 is 2.58 bits per heavy atom. The number of aromatic nitrogens is 2. The minimum absolute atomic E-state index is 0.104. The zero-order valence-corrected chi connectivity index (χ0v) is 15.3. The van der Waals surface area contributed by atoms with Gasteiger partial charge in [-0.25, -0.2) is 8.42 Å². The summed E-state index contributed by atoms with van der Waals surface area (Å²) in [5.41, 5.74) is 6.27. The summed E-state index contributed by atoms with van der Waals surface area (Å²) >= 11 is 0. The Labute approximate surface area is 151 Å². The zero-order chi connectivity index (χ0) is 18.9. The first-order valence-corrected chi connectivity index (χ1v) is 10.3. The number of primary amides is 1. The Morgan fingerprint density at radius 2 is 2.04 bits per heavy atom. The molecule has 26 heavy (non-hydrogen) atoms. The highest BCUT2D eigenvalue weighted by molar-refractivity contribution is 7.93. The summed E-state index contributed by atoms with van der Waals surface area (Å²) in [5.74, 6) is -0.989. The van der Waals surface area contributed by atoms with Crippen molar-refractivity contribution in [3.05, 3.63) is 17.0 Å². The van der Waals surface area contributed by atoms with E-state index in [0.29, 0.717) is 37.1 Å². The van der Waals surface area contributed by atoms with E-state index in [1.54, 1.807) is 11.9 Å². The van der Waals surface area contributed by atoms with Crippen molar-refractivity contribution in [1.29, 1.82) is 0 Å². The summed E-state index contributed by atoms with van der Waals surface area (Å²) in [4.78, 5) is 25.9. The van der Waals surface area contributed by atoms with Gasteiger partial charge in [0.1, 0.15) is 5.69 Å². The van der Waals surface area contributed by atoms with Gasteiger partial charge >= 0.3 is 0 Å². The molecular formula is C16H22N4O5S. The van der Waals surface area contributed by atoms with Crippen LogP contribution in [0.1, 0.15) is 52.2 Å². The first-order valence-electron chi connectivity index (χ1n) is 8.73. The summed E-state index contributed by atoms with van der Waals surface area (Å²) in [7, 11) is -1.82. The summed E-state index contributed by atoms with van der Waals surface area (Å²) in [6, 6.07) is 0. The van der Waals surface area contributed by atoms with Crippen molar-refractivity contribution < 1.29 is 23.1 Å². The molecule has 2 fully saturated rings. The van der Waals surface area contributed by atoms with Gasteiger partial charge in [-0.05, 0) is 32.1 Å². The third-order valence-electron chi connectivity index (χ3n) is 5.90. The van der Waals surface area contributed by atoms with Crippen LogP contribution in [0.15, 0.2) is 0 Å². The number of nitrogens with two attached hydrogens (primary N) is 1. The number of hydrogen-bond donors (Lipinski definition) is 2. The molecule has 4 rings (SSSR count). The lowest BCUT2D eigenvalue weighted by atomic mass is 9.96. The second-order valence-corrected chi connectivity index (χ2v) is 10.2. The van der Waals surface area contributed by atoms with Gasteiger partial charge in [0.25, 0.3) is 11.8 Å². The van der Waals surface area contributed by atoms with Gasteiger partial charge in [-0.3, -0.25) is 14.3 Å². The smallest absolute Gasteiger partial charge is 0.272 e. The number of amides is 2. The number of aliphatic hydroxyl groups excluding tert-OH is 1. The monoisotopic (exact) mass is 382 g/mol. The molecule has 1 aromatic heterocycles. The molecule has 2 amide bonds. The van der Waals surface area contributed by atoms with Crippen molar-refractivity contribution in [2.45, 2.75) is 48.2 Å². The summed E-state index contributed by atoms with van der Waals surface area (Å²) < 4.78 is 26.3. The van der Waals surface area contributed by atoms with Crippen LogP contribution in [-0.4, -0.2) is 69.2 Å². The maximum Gasteiger partial charge on any atom is 0.272 e. The van der Waals surface area contributed by atoms with Gasteiger partial charge in [-0.15, -0.1) is 0 Å². The maximum atomic E-state index is 12.9. The molecule has 10 heteroatoms. The summed E-state index contributed by atoms with van der Waals surface area (Å²) in [6.07, 6.45) is 1.53. The van der Waals surface area contributed by atoms with Gasteiger partial charge in [0.15, 0.2) is 15.5 Å². The van der Waals surface area contributed by atoms with Gasteiger partial charge in [0.2, 0.25) is 0 Å². The fourth-order valence-electron chi connectivity index (χ4n) is 4.08.